The lowest BCUT2D eigenvalue weighted by molar-refractivity contribution is -0.192. The topological polar surface area (TPSA) is 66.4 Å². The molecule has 0 bridgehead atoms. The second-order valence-electron chi connectivity index (χ2n) is 1.76. The molecule has 4 nitrogen and oxygen atoms in total. The van der Waals surface area contributed by atoms with Crippen molar-refractivity contribution in [3.8, 4) is 0 Å². The highest BCUT2D eigenvalue weighted by Gasteiger charge is 2.38. The summed E-state index contributed by atoms with van der Waals surface area (Å²) in [6, 6.07) is 0. The molecule has 1 heterocycles. The van der Waals surface area contributed by atoms with Gasteiger partial charge in [-0.2, -0.15) is 13.2 Å². The lowest BCUT2D eigenvalue weighted by atomic mass is 10.1. The van der Waals surface area contributed by atoms with Crippen LogP contribution in [0.1, 0.15) is 23.7 Å². The number of carboxylic acids is 1. The van der Waals surface area contributed by atoms with Crippen molar-refractivity contribution in [2.24, 2.45) is 0 Å². The van der Waals surface area contributed by atoms with Crippen LogP contribution in [0.25, 0.3) is 0 Å². The lowest BCUT2D eigenvalue weighted by Crippen LogP contribution is -2.27. The number of alkyl halides is 3. The van der Waals surface area contributed by atoms with E-state index in [1.54, 1.807) is 0 Å². The van der Waals surface area contributed by atoms with E-state index in [-0.39, 0.29) is 0 Å². The van der Waals surface area contributed by atoms with Gasteiger partial charge in [-0.25, -0.2) is 4.79 Å². The summed E-state index contributed by atoms with van der Waals surface area (Å²) in [5.74, 6) is -4.49. The van der Waals surface area contributed by atoms with Crippen LogP contribution >= 0.6 is 0 Å². The van der Waals surface area contributed by atoms with Gasteiger partial charge in [-0.05, 0) is 0 Å². The molecule has 1 rings (SSSR count). The number of carbonyl (C=O) groups excluding carboxylic acids is 1. The summed E-state index contributed by atoms with van der Waals surface area (Å²) >= 11 is 0. The van der Waals surface area contributed by atoms with E-state index in [1.807, 2.05) is 0 Å². The van der Waals surface area contributed by atoms with Crippen LogP contribution in [-0.4, -0.2) is 36.0 Å². The quantitative estimate of drug-likeness (QED) is 0.627. The molecular weight excluding hydrogens is 203 g/mol. The molecule has 7 heteroatoms. The first-order valence-electron chi connectivity index (χ1n) is 6.95. The van der Waals surface area contributed by atoms with Crippen molar-refractivity contribution >= 4 is 11.8 Å². The number of rotatable bonds is 0. The molecule has 0 unspecified atom stereocenters. The van der Waals surface area contributed by atoms with Gasteiger partial charge in [0.1, 0.15) is 5.78 Å². The molecule has 1 aliphatic rings. The van der Waals surface area contributed by atoms with E-state index in [9.17, 15) is 18.0 Å². The number of Topliss-reactive ketones (excluding diaryl/α,β-unsaturated/α-hetero) is 1. The second-order valence-corrected chi connectivity index (χ2v) is 1.76. The minimum atomic E-state index is -5.08. The number of piperidine rings is 1. The summed E-state index contributed by atoms with van der Waals surface area (Å²) in [7, 11) is 0. The van der Waals surface area contributed by atoms with E-state index in [1.165, 1.54) is 5.32 Å². The number of hydrogen-bond donors (Lipinski definition) is 2. The molecular formula is C7H10F3NO3. The molecule has 1 fully saturated rings. The van der Waals surface area contributed by atoms with Crippen molar-refractivity contribution in [3.63, 3.8) is 0 Å². The van der Waals surface area contributed by atoms with Crippen molar-refractivity contribution < 1.29 is 38.8 Å². The smallest absolute Gasteiger partial charge is 0.475 e. The average molecular weight is 221 g/mol. The summed E-state index contributed by atoms with van der Waals surface area (Å²) in [6.07, 6.45) is -11.3. The van der Waals surface area contributed by atoms with E-state index in [4.69, 9.17) is 20.9 Å². The standard InChI is InChI=1S/C5H9NO.C2HF3O2/c7-5-1-3-6-4-2-5;3-2(4,5)1(6)7/h6H,1-4H2;(H,6,7)/i1D2,2D2,3D2,4D2;. The molecule has 1 aliphatic heterocycles. The first-order valence-corrected chi connectivity index (χ1v) is 2.95. The van der Waals surface area contributed by atoms with Gasteiger partial charge in [0.2, 0.25) is 0 Å². The maximum absolute atomic E-state index is 11.3. The van der Waals surface area contributed by atoms with Crippen molar-refractivity contribution in [2.75, 3.05) is 13.0 Å². The fourth-order valence-corrected chi connectivity index (χ4v) is 0.239. The monoisotopic (exact) mass is 221 g/mol. The van der Waals surface area contributed by atoms with Crippen LogP contribution < -0.4 is 5.32 Å². The number of carbonyl (C=O) groups is 2. The van der Waals surface area contributed by atoms with Gasteiger partial charge in [-0.3, -0.25) is 4.79 Å². The largest absolute Gasteiger partial charge is 0.490 e. The third kappa shape index (κ3) is 6.41. The molecule has 2 N–H and O–H groups in total. The highest BCUT2D eigenvalue weighted by molar-refractivity contribution is 5.79. The number of halogens is 3. The van der Waals surface area contributed by atoms with E-state index in [2.05, 4.69) is 0 Å². The SMILES string of the molecule is O=C(O)C(F)(F)F.[2H]C1([2H])NC([2H])([2H])C([2H])([2H])C(=O)C1([2H])[2H]. The summed E-state index contributed by atoms with van der Waals surface area (Å²) in [5.41, 5.74) is 0. The van der Waals surface area contributed by atoms with Crippen LogP contribution in [0.5, 0.6) is 0 Å². The molecule has 0 aliphatic carbocycles. The van der Waals surface area contributed by atoms with Crippen molar-refractivity contribution in [2.45, 2.75) is 18.9 Å². The van der Waals surface area contributed by atoms with E-state index in [0.717, 1.165) is 0 Å². The van der Waals surface area contributed by atoms with Gasteiger partial charge >= 0.3 is 12.1 Å². The highest BCUT2D eigenvalue weighted by Crippen LogP contribution is 2.13. The zero-order valence-electron chi connectivity index (χ0n) is 14.4. The molecule has 0 aromatic heterocycles. The Morgan fingerprint density at radius 3 is 2.07 bits per heavy atom. The molecule has 14 heavy (non-hydrogen) atoms. The Kier molecular flexibility index (Phi) is 1.84. The van der Waals surface area contributed by atoms with E-state index in [0.29, 0.717) is 0 Å². The van der Waals surface area contributed by atoms with Crippen LogP contribution in [0.2, 0.25) is 0 Å². The molecule has 1 saturated heterocycles. The van der Waals surface area contributed by atoms with Gasteiger partial charge in [-0.15, -0.1) is 0 Å². The van der Waals surface area contributed by atoms with Gasteiger partial charge in [0.15, 0.2) is 0 Å². The molecule has 0 amide bonds. The lowest BCUT2D eigenvalue weighted by Gasteiger charge is -2.08. The number of aliphatic carboxylic acids is 1. The Morgan fingerprint density at radius 1 is 1.43 bits per heavy atom. The van der Waals surface area contributed by atoms with Gasteiger partial charge in [0.25, 0.3) is 0 Å². The van der Waals surface area contributed by atoms with Crippen molar-refractivity contribution in [1.29, 1.82) is 0 Å². The second kappa shape index (κ2) is 5.58. The summed E-state index contributed by atoms with van der Waals surface area (Å²) in [4.78, 5) is 20.2. The number of nitrogens with one attached hydrogen (secondary N) is 1. The average Bonchev–Trinajstić information content (AvgIpc) is 2.24. The minimum absolute atomic E-state index is 1.54. The normalized spacial score (nSPS) is 39.8. The van der Waals surface area contributed by atoms with E-state index < -0.39 is 43.7 Å². The van der Waals surface area contributed by atoms with Crippen molar-refractivity contribution in [3.05, 3.63) is 0 Å². The van der Waals surface area contributed by atoms with Crippen LogP contribution in [0.4, 0.5) is 13.2 Å². The zero-order valence-corrected chi connectivity index (χ0v) is 6.40. The molecule has 82 valence electrons. The van der Waals surface area contributed by atoms with Crippen molar-refractivity contribution in [1.82, 2.24) is 5.32 Å². The maximum atomic E-state index is 11.3. The Hall–Kier alpha value is -1.11. The maximum Gasteiger partial charge on any atom is 0.490 e. The Balaban J connectivity index is 0.000000534. The van der Waals surface area contributed by atoms with Crippen LogP contribution in [0, 0.1) is 0 Å². The summed E-state index contributed by atoms with van der Waals surface area (Å²) in [5, 5.41) is 8.66. The molecule has 0 radical (unpaired) electrons. The molecule has 0 saturated carbocycles. The Bertz CT molecular complexity index is 450. The number of ketones is 1. The first kappa shape index (κ1) is 4.61. The van der Waals surface area contributed by atoms with Crippen LogP contribution in [0.15, 0.2) is 0 Å². The summed E-state index contributed by atoms with van der Waals surface area (Å²) < 4.78 is 88.9. The Labute approximate surface area is 89.3 Å². The van der Waals surface area contributed by atoms with Gasteiger partial charge < -0.3 is 10.4 Å². The predicted octanol–water partition coefficient (Wildman–Crippen LogP) is 0.572. The molecule has 0 spiro atoms. The third-order valence-corrected chi connectivity index (χ3v) is 0.720. The number of carboxylic acid groups (broad SMARTS) is 1. The van der Waals surface area contributed by atoms with Gasteiger partial charge in [0.05, 0.1) is 0 Å². The van der Waals surface area contributed by atoms with Crippen LogP contribution in [0.3, 0.4) is 0 Å². The fraction of sp³-hybridized carbons (Fsp3) is 0.714. The van der Waals surface area contributed by atoms with E-state index >= 15 is 0 Å². The minimum Gasteiger partial charge on any atom is -0.475 e. The predicted molar refractivity (Wildman–Crippen MR) is 40.8 cm³/mol. The zero-order chi connectivity index (χ0) is 18.4. The Morgan fingerprint density at radius 2 is 1.79 bits per heavy atom. The highest BCUT2D eigenvalue weighted by atomic mass is 19.4. The van der Waals surface area contributed by atoms with Gasteiger partial charge in [-0.1, -0.05) is 0 Å². The third-order valence-electron chi connectivity index (χ3n) is 0.720. The van der Waals surface area contributed by atoms with Crippen LogP contribution in [-0.2, 0) is 9.59 Å². The van der Waals surface area contributed by atoms with Gasteiger partial charge in [0, 0.05) is 36.7 Å². The number of hydrogen-bond acceptors (Lipinski definition) is 3. The molecule has 0 aromatic carbocycles. The fourth-order valence-electron chi connectivity index (χ4n) is 0.239. The summed E-state index contributed by atoms with van der Waals surface area (Å²) in [6.45, 7) is -5.89. The molecule has 0 aromatic rings. The first-order chi connectivity index (χ1) is 9.31. The molecule has 0 atom stereocenters.